The molecule has 2 heterocycles. The molecule has 6 nitrogen and oxygen atoms in total. The average Bonchev–Trinajstić information content (AvgIpc) is 3.42. The predicted octanol–water partition coefficient (Wildman–Crippen LogP) is 4.62. The van der Waals surface area contributed by atoms with Crippen LogP contribution in [0.1, 0.15) is 39.5 Å². The van der Waals surface area contributed by atoms with E-state index in [0.29, 0.717) is 22.5 Å². The van der Waals surface area contributed by atoms with Gasteiger partial charge in [-0.2, -0.15) is 0 Å². The van der Waals surface area contributed by atoms with Crippen LogP contribution in [0.25, 0.3) is 10.9 Å². The van der Waals surface area contributed by atoms with Crippen molar-refractivity contribution < 1.29 is 14.0 Å². The van der Waals surface area contributed by atoms with Gasteiger partial charge in [-0.25, -0.2) is 9.37 Å². The summed E-state index contributed by atoms with van der Waals surface area (Å²) < 4.78 is 13.5. The van der Waals surface area contributed by atoms with E-state index in [1.165, 1.54) is 28.3 Å². The van der Waals surface area contributed by atoms with Crippen molar-refractivity contribution in [2.75, 3.05) is 5.32 Å². The fourth-order valence-electron chi connectivity index (χ4n) is 4.12. The predicted molar refractivity (Wildman–Crippen MR) is 127 cm³/mol. The van der Waals surface area contributed by atoms with Crippen LogP contribution in [-0.4, -0.2) is 27.8 Å². The van der Waals surface area contributed by atoms with Crippen LogP contribution in [0.2, 0.25) is 0 Å². The summed E-state index contributed by atoms with van der Waals surface area (Å²) in [6.07, 6.45) is 4.52. The molecule has 0 saturated heterocycles. The third-order valence-corrected chi connectivity index (χ3v) is 6.88. The van der Waals surface area contributed by atoms with E-state index < -0.39 is 11.9 Å². The molecular weight excluding hydrogens is 439 g/mol. The van der Waals surface area contributed by atoms with Gasteiger partial charge in [0.25, 0.3) is 5.91 Å². The minimum Gasteiger partial charge on any atom is -0.351 e. The van der Waals surface area contributed by atoms with Crippen molar-refractivity contribution in [1.82, 2.24) is 15.3 Å². The maximum Gasteiger partial charge on any atom is 0.268 e. The van der Waals surface area contributed by atoms with Gasteiger partial charge < -0.3 is 15.6 Å². The smallest absolute Gasteiger partial charge is 0.268 e. The van der Waals surface area contributed by atoms with E-state index in [2.05, 4.69) is 20.6 Å². The van der Waals surface area contributed by atoms with Crippen LogP contribution in [0.5, 0.6) is 0 Å². The number of aryl methyl sites for hydroxylation is 2. The highest BCUT2D eigenvalue weighted by molar-refractivity contribution is 7.15. The molecule has 2 aromatic carbocycles. The van der Waals surface area contributed by atoms with E-state index >= 15 is 0 Å². The fourth-order valence-corrected chi connectivity index (χ4v) is 5.17. The zero-order valence-corrected chi connectivity index (χ0v) is 18.7. The Hall–Kier alpha value is -3.52. The summed E-state index contributed by atoms with van der Waals surface area (Å²) in [5.41, 5.74) is 2.91. The van der Waals surface area contributed by atoms with Crippen LogP contribution in [0.4, 0.5) is 9.52 Å². The maximum absolute atomic E-state index is 13.5. The average molecular weight is 463 g/mol. The number of thiazole rings is 1. The molecule has 2 amide bonds. The number of amides is 2. The first-order valence-corrected chi connectivity index (χ1v) is 11.8. The summed E-state index contributed by atoms with van der Waals surface area (Å²) in [5, 5.41) is 6.91. The largest absolute Gasteiger partial charge is 0.351 e. The molecule has 0 spiro atoms. The van der Waals surface area contributed by atoms with E-state index in [-0.39, 0.29) is 17.4 Å². The Balaban J connectivity index is 1.36. The number of fused-ring (bicyclic) bond motifs is 2. The molecule has 0 radical (unpaired) electrons. The SMILES string of the molecule is O=C(N[C@@H](Cc1ccccc1)C(=O)Nc1nc2c(s1)CCCC2)c1cc2cc(F)ccc2[nH]1. The Morgan fingerprint density at radius 1 is 1.09 bits per heavy atom. The van der Waals surface area contributed by atoms with Crippen molar-refractivity contribution in [2.45, 2.75) is 38.1 Å². The summed E-state index contributed by atoms with van der Waals surface area (Å²) in [6, 6.07) is 14.6. The molecule has 0 fully saturated rings. The number of rotatable bonds is 6. The summed E-state index contributed by atoms with van der Waals surface area (Å²) >= 11 is 1.51. The molecule has 5 rings (SSSR count). The van der Waals surface area contributed by atoms with Gasteiger partial charge in [-0.05, 0) is 55.5 Å². The van der Waals surface area contributed by atoms with Crippen LogP contribution < -0.4 is 10.6 Å². The number of aromatic amines is 1. The summed E-state index contributed by atoms with van der Waals surface area (Å²) in [5.74, 6) is -1.12. The summed E-state index contributed by atoms with van der Waals surface area (Å²) in [7, 11) is 0. The highest BCUT2D eigenvalue weighted by atomic mass is 32.1. The lowest BCUT2D eigenvalue weighted by Gasteiger charge is -2.17. The first-order valence-electron chi connectivity index (χ1n) is 11.0. The molecule has 168 valence electrons. The number of anilines is 1. The lowest BCUT2D eigenvalue weighted by molar-refractivity contribution is -0.118. The number of halogens is 1. The lowest BCUT2D eigenvalue weighted by Crippen LogP contribution is -2.45. The molecule has 0 bridgehead atoms. The van der Waals surface area contributed by atoms with Crippen molar-refractivity contribution in [3.05, 3.63) is 82.2 Å². The lowest BCUT2D eigenvalue weighted by atomic mass is 10.0. The number of nitrogens with one attached hydrogen (secondary N) is 3. The van der Waals surface area contributed by atoms with E-state index in [4.69, 9.17) is 0 Å². The third-order valence-electron chi connectivity index (χ3n) is 5.81. The second-order valence-electron chi connectivity index (χ2n) is 8.22. The van der Waals surface area contributed by atoms with Gasteiger partial charge in [0.2, 0.25) is 5.91 Å². The second kappa shape index (κ2) is 9.15. The van der Waals surface area contributed by atoms with Crippen molar-refractivity contribution >= 4 is 39.2 Å². The van der Waals surface area contributed by atoms with E-state index in [1.807, 2.05) is 30.3 Å². The number of H-pyrrole nitrogens is 1. The molecule has 1 atom stereocenters. The van der Waals surface area contributed by atoms with Crippen molar-refractivity contribution in [3.63, 3.8) is 0 Å². The van der Waals surface area contributed by atoms with E-state index in [0.717, 1.165) is 36.9 Å². The monoisotopic (exact) mass is 462 g/mol. The molecule has 1 aliphatic rings. The second-order valence-corrected chi connectivity index (χ2v) is 9.30. The van der Waals surface area contributed by atoms with Gasteiger partial charge in [-0.3, -0.25) is 9.59 Å². The highest BCUT2D eigenvalue weighted by Crippen LogP contribution is 2.29. The fraction of sp³-hybridized carbons (Fsp3) is 0.240. The van der Waals surface area contributed by atoms with Crippen LogP contribution >= 0.6 is 11.3 Å². The Morgan fingerprint density at radius 3 is 2.73 bits per heavy atom. The number of benzene rings is 2. The molecule has 3 N–H and O–H groups in total. The molecule has 0 aliphatic heterocycles. The third kappa shape index (κ3) is 4.80. The number of nitrogens with zero attached hydrogens (tertiary/aromatic N) is 1. The molecule has 33 heavy (non-hydrogen) atoms. The minimum absolute atomic E-state index is 0.270. The Bertz CT molecular complexity index is 1290. The van der Waals surface area contributed by atoms with Crippen LogP contribution in [0, 0.1) is 5.82 Å². The molecule has 8 heteroatoms. The van der Waals surface area contributed by atoms with E-state index in [1.54, 1.807) is 12.1 Å². The quantitative estimate of drug-likeness (QED) is 0.391. The summed E-state index contributed by atoms with van der Waals surface area (Å²) in [6.45, 7) is 0. The number of carbonyl (C=O) groups is 2. The number of aromatic nitrogens is 2. The van der Waals surface area contributed by atoms with Crippen molar-refractivity contribution in [3.8, 4) is 0 Å². The molecule has 0 saturated carbocycles. The van der Waals surface area contributed by atoms with Gasteiger partial charge in [-0.1, -0.05) is 30.3 Å². The van der Waals surface area contributed by atoms with Gasteiger partial charge in [0.1, 0.15) is 17.6 Å². The molecule has 4 aromatic rings. The maximum atomic E-state index is 13.5. The topological polar surface area (TPSA) is 86.9 Å². The molecule has 2 aromatic heterocycles. The van der Waals surface area contributed by atoms with Gasteiger partial charge in [0.05, 0.1) is 5.69 Å². The van der Waals surface area contributed by atoms with Crippen LogP contribution in [-0.2, 0) is 24.1 Å². The first kappa shape index (κ1) is 21.3. The highest BCUT2D eigenvalue weighted by Gasteiger charge is 2.25. The Labute approximate surface area is 194 Å². The molecule has 1 aliphatic carbocycles. The van der Waals surface area contributed by atoms with Gasteiger partial charge in [-0.15, -0.1) is 11.3 Å². The van der Waals surface area contributed by atoms with Crippen LogP contribution in [0.3, 0.4) is 0 Å². The standard InChI is InChI=1S/C25H23FN4O2S/c26-17-10-11-18-16(13-17)14-21(27-18)23(31)28-20(12-15-6-2-1-3-7-15)24(32)30-25-29-19-8-4-5-9-22(19)33-25/h1-3,6-7,10-11,13-14,20,27H,4-5,8-9,12H2,(H,28,31)(H,29,30,32)/t20-/m0/s1. The molecule has 0 unspecified atom stereocenters. The number of hydrogen-bond donors (Lipinski definition) is 3. The van der Waals surface area contributed by atoms with Crippen molar-refractivity contribution in [2.24, 2.45) is 0 Å². The first-order chi connectivity index (χ1) is 16.0. The number of carbonyl (C=O) groups excluding carboxylic acids is 2. The number of hydrogen-bond acceptors (Lipinski definition) is 4. The summed E-state index contributed by atoms with van der Waals surface area (Å²) in [4.78, 5) is 35.0. The zero-order valence-electron chi connectivity index (χ0n) is 17.9. The normalized spacial score (nSPS) is 14.0. The molecular formula is C25H23FN4O2S. The van der Waals surface area contributed by atoms with Gasteiger partial charge in [0, 0.05) is 22.2 Å². The van der Waals surface area contributed by atoms with Crippen LogP contribution in [0.15, 0.2) is 54.6 Å². The van der Waals surface area contributed by atoms with E-state index in [9.17, 15) is 14.0 Å². The van der Waals surface area contributed by atoms with Crippen molar-refractivity contribution in [1.29, 1.82) is 0 Å². The van der Waals surface area contributed by atoms with Gasteiger partial charge in [0.15, 0.2) is 5.13 Å². The zero-order chi connectivity index (χ0) is 22.8. The minimum atomic E-state index is -0.802. The Morgan fingerprint density at radius 2 is 1.91 bits per heavy atom. The van der Waals surface area contributed by atoms with Gasteiger partial charge >= 0.3 is 0 Å². The Kier molecular flexibility index (Phi) is 5.92.